The fourth-order valence-electron chi connectivity index (χ4n) is 3.48. The largest absolute Gasteiger partial charge is 0.364 e. The highest BCUT2D eigenvalue weighted by Gasteiger charge is 2.29. The molecule has 1 aliphatic rings. The maximum atomic E-state index is 12.4. The smallest absolute Gasteiger partial charge is 0.345 e. The Hall–Kier alpha value is -2.05. The van der Waals surface area contributed by atoms with E-state index in [-0.39, 0.29) is 18.1 Å². The average Bonchev–Trinajstić information content (AvgIpc) is 2.61. The van der Waals surface area contributed by atoms with Crippen molar-refractivity contribution in [2.45, 2.75) is 38.5 Å². The van der Waals surface area contributed by atoms with Crippen molar-refractivity contribution in [3.63, 3.8) is 0 Å². The van der Waals surface area contributed by atoms with Crippen LogP contribution < -0.4 is 5.43 Å². The second-order valence-corrected chi connectivity index (χ2v) is 6.23. The molecule has 0 aliphatic carbocycles. The molecule has 2 heterocycles. The molecule has 6 heteroatoms. The number of aromatic nitrogens is 1. The number of fused-ring (bicyclic) bond motifs is 1. The van der Waals surface area contributed by atoms with Crippen LogP contribution in [0.4, 0.5) is 8.78 Å². The van der Waals surface area contributed by atoms with Crippen molar-refractivity contribution in [1.82, 2.24) is 9.88 Å². The lowest BCUT2D eigenvalue weighted by Gasteiger charge is -2.36. The second kappa shape index (κ2) is 8.36. The number of nitrogens with one attached hydrogen (secondary N) is 1. The van der Waals surface area contributed by atoms with Gasteiger partial charge in [0.2, 0.25) is 0 Å². The Balaban J connectivity index is 1.79. The summed E-state index contributed by atoms with van der Waals surface area (Å²) >= 11 is 0. The normalized spacial score (nSPS) is 17.6. The maximum Gasteiger partial charge on any atom is 0.345 e. The Morgan fingerprint density at radius 2 is 2.04 bits per heavy atom. The number of pyridine rings is 1. The summed E-state index contributed by atoms with van der Waals surface area (Å²) < 4.78 is 28.7. The molecule has 0 amide bonds. The predicted octanol–water partition coefficient (Wildman–Crippen LogP) is 3.49. The van der Waals surface area contributed by atoms with Crippen LogP contribution in [0.1, 0.15) is 35.7 Å². The number of hydrogen-bond acceptors (Lipinski definition) is 3. The van der Waals surface area contributed by atoms with Crippen LogP contribution in [0.2, 0.25) is 0 Å². The molecule has 1 aliphatic heterocycles. The third-order valence-corrected chi connectivity index (χ3v) is 4.60. The molecular weight excluding hydrogens is 326 g/mol. The van der Waals surface area contributed by atoms with E-state index in [1.807, 2.05) is 18.2 Å². The number of hydrogen-bond donors (Lipinski definition) is 1. The van der Waals surface area contributed by atoms with Gasteiger partial charge in [-0.25, -0.2) is 0 Å². The van der Waals surface area contributed by atoms with E-state index in [0.717, 1.165) is 30.8 Å². The number of halogens is 2. The van der Waals surface area contributed by atoms with Gasteiger partial charge in [-0.2, -0.15) is 8.78 Å². The van der Waals surface area contributed by atoms with Crippen molar-refractivity contribution in [3.8, 4) is 0 Å². The summed E-state index contributed by atoms with van der Waals surface area (Å²) in [5.74, 6) is 0. The zero-order valence-corrected chi connectivity index (χ0v) is 14.0. The minimum absolute atomic E-state index is 0.00582. The van der Waals surface area contributed by atoms with Gasteiger partial charge in [0.15, 0.2) is 5.43 Å². The number of alkyl halides is 2. The van der Waals surface area contributed by atoms with Gasteiger partial charge < -0.3 is 9.72 Å². The molecule has 1 aromatic carbocycles. The first-order chi connectivity index (χ1) is 12.1. The summed E-state index contributed by atoms with van der Waals surface area (Å²) in [7, 11) is 0. The standard InChI is InChI=1S/C19H22F2N2O2/c20-19(21)25-12-4-7-16-18-15(22-10-8-17(18)24)9-11-23(16)13-14-5-2-1-3-6-14/h1-3,5-6,8,10,16,19H,4,7,9,11-13H2,(H,22,24). The lowest BCUT2D eigenvalue weighted by atomic mass is 9.92. The van der Waals surface area contributed by atoms with Crippen LogP contribution in [0.3, 0.4) is 0 Å². The van der Waals surface area contributed by atoms with Gasteiger partial charge in [-0.3, -0.25) is 9.69 Å². The minimum atomic E-state index is -2.75. The van der Waals surface area contributed by atoms with Crippen LogP contribution in [-0.4, -0.2) is 29.6 Å². The van der Waals surface area contributed by atoms with Gasteiger partial charge in [-0.1, -0.05) is 30.3 Å². The minimum Gasteiger partial charge on any atom is -0.364 e. The molecule has 4 nitrogen and oxygen atoms in total. The number of rotatable bonds is 7. The second-order valence-electron chi connectivity index (χ2n) is 6.23. The predicted molar refractivity (Wildman–Crippen MR) is 91.5 cm³/mol. The number of benzene rings is 1. The highest BCUT2D eigenvalue weighted by molar-refractivity contribution is 5.27. The lowest BCUT2D eigenvalue weighted by Crippen LogP contribution is -2.39. The van der Waals surface area contributed by atoms with Gasteiger partial charge in [0.1, 0.15) is 0 Å². The Kier molecular flexibility index (Phi) is 5.94. The molecule has 0 radical (unpaired) electrons. The van der Waals surface area contributed by atoms with Gasteiger partial charge in [0.05, 0.1) is 6.61 Å². The monoisotopic (exact) mass is 348 g/mol. The van der Waals surface area contributed by atoms with Crippen LogP contribution >= 0.6 is 0 Å². The van der Waals surface area contributed by atoms with Gasteiger partial charge >= 0.3 is 6.61 Å². The molecule has 1 N–H and O–H groups in total. The zero-order valence-electron chi connectivity index (χ0n) is 14.0. The summed E-state index contributed by atoms with van der Waals surface area (Å²) in [5.41, 5.74) is 2.90. The highest BCUT2D eigenvalue weighted by atomic mass is 19.3. The molecule has 134 valence electrons. The first-order valence-corrected chi connectivity index (χ1v) is 8.53. The van der Waals surface area contributed by atoms with Crippen molar-refractivity contribution in [1.29, 1.82) is 0 Å². The van der Waals surface area contributed by atoms with Crippen molar-refractivity contribution >= 4 is 0 Å². The molecule has 1 atom stereocenters. The number of ether oxygens (including phenoxy) is 1. The van der Waals surface area contributed by atoms with E-state index in [1.165, 1.54) is 11.6 Å². The van der Waals surface area contributed by atoms with E-state index in [1.54, 1.807) is 6.20 Å². The first-order valence-electron chi connectivity index (χ1n) is 8.53. The number of H-pyrrole nitrogens is 1. The fraction of sp³-hybridized carbons (Fsp3) is 0.421. The van der Waals surface area contributed by atoms with Gasteiger partial charge in [0, 0.05) is 49.1 Å². The van der Waals surface area contributed by atoms with Crippen molar-refractivity contribution in [2.24, 2.45) is 0 Å². The Bertz CT molecular complexity index is 734. The van der Waals surface area contributed by atoms with E-state index >= 15 is 0 Å². The summed E-state index contributed by atoms with van der Waals surface area (Å²) in [6.07, 6.45) is 3.54. The third-order valence-electron chi connectivity index (χ3n) is 4.60. The Morgan fingerprint density at radius 3 is 2.80 bits per heavy atom. The molecule has 0 spiro atoms. The molecule has 1 aromatic heterocycles. The van der Waals surface area contributed by atoms with E-state index in [0.29, 0.717) is 12.8 Å². The van der Waals surface area contributed by atoms with Gasteiger partial charge in [-0.15, -0.1) is 0 Å². The molecule has 25 heavy (non-hydrogen) atoms. The van der Waals surface area contributed by atoms with E-state index in [4.69, 9.17) is 0 Å². The number of aromatic amines is 1. The topological polar surface area (TPSA) is 45.3 Å². The van der Waals surface area contributed by atoms with Gasteiger partial charge in [-0.05, 0) is 18.4 Å². The quantitative estimate of drug-likeness (QED) is 0.779. The third kappa shape index (κ3) is 4.52. The van der Waals surface area contributed by atoms with Crippen LogP contribution in [0.5, 0.6) is 0 Å². The maximum absolute atomic E-state index is 12.4. The summed E-state index contributed by atoms with van der Waals surface area (Å²) in [6.45, 7) is -1.20. The van der Waals surface area contributed by atoms with E-state index in [2.05, 4.69) is 26.8 Å². The SMILES string of the molecule is O=c1cc[nH]c2c1C(CCCOC(F)F)N(Cc1ccccc1)CC2. The van der Waals surface area contributed by atoms with Crippen LogP contribution in [0.25, 0.3) is 0 Å². The van der Waals surface area contributed by atoms with Crippen molar-refractivity contribution in [2.75, 3.05) is 13.2 Å². The molecule has 0 saturated heterocycles. The average molecular weight is 348 g/mol. The molecule has 2 aromatic rings. The zero-order chi connectivity index (χ0) is 17.6. The Labute approximate surface area is 145 Å². The molecule has 0 bridgehead atoms. The summed E-state index contributed by atoms with van der Waals surface area (Å²) in [5, 5.41) is 0. The van der Waals surface area contributed by atoms with Crippen molar-refractivity contribution < 1.29 is 13.5 Å². The van der Waals surface area contributed by atoms with E-state index < -0.39 is 6.61 Å². The van der Waals surface area contributed by atoms with Crippen LogP contribution in [-0.2, 0) is 17.7 Å². The van der Waals surface area contributed by atoms with E-state index in [9.17, 15) is 13.6 Å². The molecule has 0 saturated carbocycles. The number of nitrogens with zero attached hydrogens (tertiary/aromatic N) is 1. The van der Waals surface area contributed by atoms with Crippen molar-refractivity contribution in [3.05, 3.63) is 69.6 Å². The summed E-state index contributed by atoms with van der Waals surface area (Å²) in [4.78, 5) is 17.8. The fourth-order valence-corrected chi connectivity index (χ4v) is 3.48. The summed E-state index contributed by atoms with van der Waals surface area (Å²) in [6, 6.07) is 11.5. The molecular formula is C19H22F2N2O2. The van der Waals surface area contributed by atoms with Crippen LogP contribution in [0, 0.1) is 0 Å². The molecule has 1 unspecified atom stereocenters. The first kappa shape index (κ1) is 17.8. The highest BCUT2D eigenvalue weighted by Crippen LogP contribution is 2.31. The molecule has 3 rings (SSSR count). The van der Waals surface area contributed by atoms with Gasteiger partial charge in [0.25, 0.3) is 0 Å². The van der Waals surface area contributed by atoms with Crippen LogP contribution in [0.15, 0.2) is 47.4 Å². The molecule has 0 fully saturated rings. The lowest BCUT2D eigenvalue weighted by molar-refractivity contribution is -0.130. The Morgan fingerprint density at radius 1 is 1.24 bits per heavy atom.